The number of anilines is 1. The zero-order chi connectivity index (χ0) is 20.6. The number of nitrogens with two attached hydrogens (primary N) is 1. The fourth-order valence-electron chi connectivity index (χ4n) is 2.38. The highest BCUT2D eigenvalue weighted by Crippen LogP contribution is 2.37. The molecule has 2 atom stereocenters. The molecule has 0 aromatic heterocycles. The van der Waals surface area contributed by atoms with Crippen LogP contribution in [0.15, 0.2) is 27.3 Å². The minimum absolute atomic E-state index is 0.0725. The second-order valence-electron chi connectivity index (χ2n) is 5.21. The van der Waals surface area contributed by atoms with Gasteiger partial charge in [0.15, 0.2) is 11.4 Å². The first-order valence-electron chi connectivity index (χ1n) is 6.75. The molecule has 1 aromatic rings. The molecule has 27 heavy (non-hydrogen) atoms. The van der Waals surface area contributed by atoms with Crippen LogP contribution in [0.1, 0.15) is 0 Å². The van der Waals surface area contributed by atoms with Gasteiger partial charge in [-0.05, 0) is 12.1 Å². The van der Waals surface area contributed by atoms with Gasteiger partial charge in [0.2, 0.25) is 20.0 Å². The monoisotopic (exact) mass is 445 g/mol. The highest BCUT2D eigenvalue weighted by Gasteiger charge is 2.41. The number of benzene rings is 1. The van der Waals surface area contributed by atoms with Gasteiger partial charge in [-0.2, -0.15) is 4.72 Å². The van der Waals surface area contributed by atoms with Crippen molar-refractivity contribution < 1.29 is 31.6 Å². The van der Waals surface area contributed by atoms with E-state index in [2.05, 4.69) is 19.7 Å². The summed E-state index contributed by atoms with van der Waals surface area (Å²) in [5, 5.41) is 16.0. The van der Waals surface area contributed by atoms with Crippen molar-refractivity contribution in [1.29, 1.82) is 0 Å². The Balaban J connectivity index is 2.55. The molecule has 1 aliphatic rings. The maximum Gasteiger partial charge on any atom is 0.294 e. The van der Waals surface area contributed by atoms with E-state index in [-0.39, 0.29) is 10.7 Å². The molecular weight excluding hydrogens is 434 g/mol. The van der Waals surface area contributed by atoms with Crippen LogP contribution in [0.5, 0.6) is 0 Å². The first kappa shape index (κ1) is 21.0. The SMILES string of the molecule is CN1c2cc(Cl)c(S(N)(=O)=O)cc2S(=O)(=O)NC1[C@H](CO[N+](=O)[O-])ON=O. The molecule has 0 aliphatic carbocycles. The van der Waals surface area contributed by atoms with Crippen molar-refractivity contribution in [3.8, 4) is 0 Å². The summed E-state index contributed by atoms with van der Waals surface area (Å²) in [6.07, 6.45) is -2.88. The summed E-state index contributed by atoms with van der Waals surface area (Å²) in [7, 11) is -7.32. The third-order valence-corrected chi connectivity index (χ3v) is 6.39. The molecule has 14 nitrogen and oxygen atoms in total. The summed E-state index contributed by atoms with van der Waals surface area (Å²) >= 11 is 5.88. The highest BCUT2D eigenvalue weighted by molar-refractivity contribution is 7.90. The van der Waals surface area contributed by atoms with E-state index in [9.17, 15) is 31.9 Å². The maximum absolute atomic E-state index is 12.5. The van der Waals surface area contributed by atoms with E-state index in [0.717, 1.165) is 12.1 Å². The van der Waals surface area contributed by atoms with E-state index >= 15 is 0 Å². The van der Waals surface area contributed by atoms with Gasteiger partial charge in [-0.3, -0.25) is 0 Å². The van der Waals surface area contributed by atoms with Gasteiger partial charge < -0.3 is 14.6 Å². The summed E-state index contributed by atoms with van der Waals surface area (Å²) in [5.74, 6) is 0. The molecule has 0 radical (unpaired) electrons. The van der Waals surface area contributed by atoms with Crippen molar-refractivity contribution in [1.82, 2.24) is 4.72 Å². The summed E-state index contributed by atoms with van der Waals surface area (Å²) in [6, 6.07) is 1.80. The Bertz CT molecular complexity index is 983. The van der Waals surface area contributed by atoms with Crippen LogP contribution in [0.4, 0.5) is 5.69 Å². The molecule has 1 aliphatic heterocycles. The van der Waals surface area contributed by atoms with E-state index in [1.165, 1.54) is 11.9 Å². The number of primary sulfonamides is 1. The Morgan fingerprint density at radius 2 is 2.15 bits per heavy atom. The fourth-order valence-corrected chi connectivity index (χ4v) is 5.05. The normalized spacial score (nSPS) is 19.7. The van der Waals surface area contributed by atoms with Gasteiger partial charge >= 0.3 is 0 Å². The Morgan fingerprint density at radius 3 is 2.67 bits per heavy atom. The molecule has 0 saturated carbocycles. The minimum Gasteiger partial charge on any atom is -0.355 e. The molecule has 0 spiro atoms. The van der Waals surface area contributed by atoms with Crippen molar-refractivity contribution in [2.24, 2.45) is 10.5 Å². The second-order valence-corrected chi connectivity index (χ2v) is 8.83. The zero-order valence-corrected chi connectivity index (χ0v) is 15.7. The van der Waals surface area contributed by atoms with Crippen LogP contribution in [0.2, 0.25) is 5.02 Å². The number of hydrogen-bond acceptors (Lipinski definition) is 11. The first-order chi connectivity index (χ1) is 12.4. The van der Waals surface area contributed by atoms with Gasteiger partial charge in [0, 0.05) is 7.05 Å². The lowest BCUT2D eigenvalue weighted by Gasteiger charge is -2.38. The Kier molecular flexibility index (Phi) is 5.76. The van der Waals surface area contributed by atoms with E-state index < -0.39 is 53.8 Å². The molecule has 3 N–H and O–H groups in total. The van der Waals surface area contributed by atoms with Crippen LogP contribution < -0.4 is 14.8 Å². The number of nitrogens with one attached hydrogen (secondary N) is 1. The molecule has 0 amide bonds. The summed E-state index contributed by atoms with van der Waals surface area (Å²) < 4.78 is 50.2. The number of rotatable bonds is 7. The van der Waals surface area contributed by atoms with Crippen molar-refractivity contribution in [3.63, 3.8) is 0 Å². The lowest BCUT2D eigenvalue weighted by atomic mass is 10.2. The number of hydrogen-bond donors (Lipinski definition) is 2. The van der Waals surface area contributed by atoms with Crippen LogP contribution >= 0.6 is 11.6 Å². The topological polar surface area (TPSA) is 201 Å². The van der Waals surface area contributed by atoms with Gasteiger partial charge in [-0.15, -0.1) is 15.0 Å². The standard InChI is InChI=1S/C10H12ClN5O9S2/c1-15-6-2-5(11)8(26(12,20)21)3-9(6)27(22,23)13-10(15)7(25-14-17)4-24-16(18)19/h2-3,7,10,13H,4H2,1H3,(H2,12,20,21)/t7-,10?/m0/s1. The molecule has 1 unspecified atom stereocenters. The fraction of sp³-hybridized carbons (Fsp3) is 0.400. The van der Waals surface area contributed by atoms with E-state index in [4.69, 9.17) is 16.7 Å². The number of fused-ring (bicyclic) bond motifs is 1. The largest absolute Gasteiger partial charge is 0.355 e. The smallest absolute Gasteiger partial charge is 0.294 e. The van der Waals surface area contributed by atoms with Crippen molar-refractivity contribution in [3.05, 3.63) is 32.2 Å². The number of likely N-dealkylation sites (N-methyl/N-ethyl adjacent to an activating group) is 1. The van der Waals surface area contributed by atoms with Gasteiger partial charge in [0.05, 0.1) is 10.7 Å². The first-order valence-corrected chi connectivity index (χ1v) is 10.2. The molecule has 0 saturated heterocycles. The molecule has 150 valence electrons. The lowest BCUT2D eigenvalue weighted by Crippen LogP contribution is -2.58. The second kappa shape index (κ2) is 7.39. The van der Waals surface area contributed by atoms with Crippen LogP contribution in [0.25, 0.3) is 0 Å². The predicted molar refractivity (Wildman–Crippen MR) is 89.0 cm³/mol. The molecule has 1 aromatic carbocycles. The van der Waals surface area contributed by atoms with Crippen LogP contribution in [0.3, 0.4) is 0 Å². The van der Waals surface area contributed by atoms with Crippen LogP contribution in [-0.2, 0) is 29.7 Å². The predicted octanol–water partition coefficient (Wildman–Crippen LogP) is -0.683. The minimum atomic E-state index is -4.35. The Morgan fingerprint density at radius 1 is 1.52 bits per heavy atom. The van der Waals surface area contributed by atoms with Gasteiger partial charge in [0.25, 0.3) is 5.09 Å². The number of halogens is 1. The molecular formula is C10H12ClN5O9S2. The zero-order valence-electron chi connectivity index (χ0n) is 13.3. The molecule has 0 fully saturated rings. The molecule has 1 heterocycles. The Hall–Kier alpha value is -2.27. The third-order valence-electron chi connectivity index (χ3n) is 3.56. The third kappa shape index (κ3) is 4.35. The molecule has 2 rings (SSSR count). The van der Waals surface area contributed by atoms with E-state index in [1.807, 2.05) is 0 Å². The maximum atomic E-state index is 12.5. The highest BCUT2D eigenvalue weighted by atomic mass is 35.5. The van der Waals surface area contributed by atoms with Crippen molar-refractivity contribution in [2.45, 2.75) is 22.1 Å². The summed E-state index contributed by atoms with van der Waals surface area (Å²) in [5.41, 5.74) is -0.0725. The van der Waals surface area contributed by atoms with Crippen LogP contribution in [-0.4, -0.2) is 47.8 Å². The number of nitrogens with zero attached hydrogens (tertiary/aromatic N) is 3. The average Bonchev–Trinajstić information content (AvgIpc) is 2.53. The summed E-state index contributed by atoms with van der Waals surface area (Å²) in [6.45, 7) is -0.825. The van der Waals surface area contributed by atoms with Gasteiger partial charge in [-0.25, -0.2) is 22.0 Å². The quantitative estimate of drug-likeness (QED) is 0.307. The average molecular weight is 446 g/mol. The van der Waals surface area contributed by atoms with Crippen molar-refractivity contribution in [2.75, 3.05) is 18.6 Å². The summed E-state index contributed by atoms with van der Waals surface area (Å²) in [4.78, 5) is 29.5. The van der Waals surface area contributed by atoms with Gasteiger partial charge in [0.1, 0.15) is 22.6 Å². The van der Waals surface area contributed by atoms with E-state index in [1.54, 1.807) is 0 Å². The Labute approximate surface area is 157 Å². The molecule has 17 heteroatoms. The van der Waals surface area contributed by atoms with E-state index in [0.29, 0.717) is 0 Å². The molecule has 0 bridgehead atoms. The van der Waals surface area contributed by atoms with Gasteiger partial charge in [-0.1, -0.05) is 11.6 Å². The lowest BCUT2D eigenvalue weighted by molar-refractivity contribution is -0.759. The van der Waals surface area contributed by atoms with Crippen LogP contribution in [0, 0.1) is 15.0 Å². The van der Waals surface area contributed by atoms with Crippen molar-refractivity contribution >= 4 is 37.3 Å². The number of sulfonamides is 2.